The SMILES string of the molecule is CCOC(=O)CC1CCC(CN(CC)c2cccnc2CN2C(=O)O[C@H](c3cc(C(F)(F)F)cc(C(F)(F)F)c3)[C@@H]2C)CC1. The van der Waals surface area contributed by atoms with Crippen molar-refractivity contribution in [2.75, 3.05) is 24.6 Å². The highest BCUT2D eigenvalue weighted by Crippen LogP contribution is 2.41. The lowest BCUT2D eigenvalue weighted by Crippen LogP contribution is -2.35. The van der Waals surface area contributed by atoms with Gasteiger partial charge in [0.15, 0.2) is 0 Å². The van der Waals surface area contributed by atoms with Gasteiger partial charge in [0.1, 0.15) is 6.10 Å². The largest absolute Gasteiger partial charge is 0.466 e. The summed E-state index contributed by atoms with van der Waals surface area (Å²) in [5.74, 6) is 0.510. The van der Waals surface area contributed by atoms with Crippen LogP contribution in [0.15, 0.2) is 36.5 Å². The van der Waals surface area contributed by atoms with Crippen LogP contribution < -0.4 is 4.90 Å². The van der Waals surface area contributed by atoms with Gasteiger partial charge in [0.2, 0.25) is 0 Å². The Morgan fingerprint density at radius 2 is 1.64 bits per heavy atom. The fourth-order valence-electron chi connectivity index (χ4n) is 6.09. The molecule has 1 saturated carbocycles. The number of ether oxygens (including phenoxy) is 2. The first kappa shape index (κ1) is 33.4. The van der Waals surface area contributed by atoms with Crippen LogP contribution in [0, 0.1) is 11.8 Å². The molecular formula is C31H37F6N3O4. The lowest BCUT2D eigenvalue weighted by atomic mass is 9.80. The molecule has 1 amide bonds. The lowest BCUT2D eigenvalue weighted by molar-refractivity contribution is -0.145. The summed E-state index contributed by atoms with van der Waals surface area (Å²) in [4.78, 5) is 32.7. The van der Waals surface area contributed by atoms with Gasteiger partial charge in [0.05, 0.1) is 41.7 Å². The predicted molar refractivity (Wildman–Crippen MR) is 149 cm³/mol. The number of carbonyl (C=O) groups excluding carboxylic acids is 2. The molecule has 0 spiro atoms. The Labute approximate surface area is 252 Å². The summed E-state index contributed by atoms with van der Waals surface area (Å²) in [6, 6.07) is 4.03. The van der Waals surface area contributed by atoms with Crippen molar-refractivity contribution in [2.24, 2.45) is 11.8 Å². The smallest absolute Gasteiger partial charge is 0.416 e. The summed E-state index contributed by atoms with van der Waals surface area (Å²) in [7, 11) is 0. The number of amides is 1. The maximum atomic E-state index is 13.5. The molecule has 2 heterocycles. The summed E-state index contributed by atoms with van der Waals surface area (Å²) in [5, 5.41) is 0. The number of anilines is 1. The van der Waals surface area contributed by atoms with Crippen LogP contribution in [0.25, 0.3) is 0 Å². The maximum absolute atomic E-state index is 13.5. The number of aromatic nitrogens is 1. The van der Waals surface area contributed by atoms with Crippen LogP contribution in [0.5, 0.6) is 0 Å². The number of cyclic esters (lactones) is 1. The third-order valence-electron chi connectivity index (χ3n) is 8.44. The van der Waals surface area contributed by atoms with Crippen LogP contribution in [-0.2, 0) is 33.2 Å². The van der Waals surface area contributed by atoms with E-state index in [1.54, 1.807) is 19.2 Å². The molecular weight excluding hydrogens is 592 g/mol. The zero-order valence-electron chi connectivity index (χ0n) is 24.9. The molecule has 4 rings (SSSR count). The van der Waals surface area contributed by atoms with E-state index in [4.69, 9.17) is 9.47 Å². The van der Waals surface area contributed by atoms with E-state index in [-0.39, 0.29) is 24.1 Å². The van der Waals surface area contributed by atoms with Gasteiger partial charge in [-0.15, -0.1) is 0 Å². The summed E-state index contributed by atoms with van der Waals surface area (Å²) in [6.45, 7) is 7.01. The van der Waals surface area contributed by atoms with Crippen molar-refractivity contribution >= 4 is 17.7 Å². The molecule has 1 aromatic heterocycles. The van der Waals surface area contributed by atoms with Crippen molar-refractivity contribution < 1.29 is 45.4 Å². The first-order valence-corrected chi connectivity index (χ1v) is 14.8. The number of alkyl halides is 6. The molecule has 1 saturated heterocycles. The number of benzene rings is 1. The van der Waals surface area contributed by atoms with Crippen LogP contribution in [0.1, 0.15) is 81.4 Å². The van der Waals surface area contributed by atoms with E-state index < -0.39 is 41.7 Å². The molecule has 44 heavy (non-hydrogen) atoms. The Bertz CT molecular complexity index is 1280. The van der Waals surface area contributed by atoms with Crippen molar-refractivity contribution in [1.82, 2.24) is 9.88 Å². The van der Waals surface area contributed by atoms with Crippen LogP contribution in [-0.4, -0.2) is 47.7 Å². The van der Waals surface area contributed by atoms with Crippen molar-refractivity contribution in [3.05, 3.63) is 58.9 Å². The number of pyridine rings is 1. The highest BCUT2D eigenvalue weighted by Gasteiger charge is 2.43. The first-order chi connectivity index (χ1) is 20.7. The quantitative estimate of drug-likeness (QED) is 0.197. The van der Waals surface area contributed by atoms with Crippen molar-refractivity contribution in [3.63, 3.8) is 0 Å². The lowest BCUT2D eigenvalue weighted by Gasteiger charge is -2.34. The normalized spacial score (nSPS) is 22.6. The maximum Gasteiger partial charge on any atom is 0.416 e. The van der Waals surface area contributed by atoms with E-state index in [0.29, 0.717) is 49.2 Å². The minimum Gasteiger partial charge on any atom is -0.466 e. The Balaban J connectivity index is 1.49. The Hall–Kier alpha value is -3.51. The number of carbonyl (C=O) groups is 2. The average Bonchev–Trinajstić information content (AvgIpc) is 3.24. The molecule has 2 aromatic rings. The molecule has 1 aliphatic carbocycles. The van der Waals surface area contributed by atoms with Gasteiger partial charge in [0, 0.05) is 25.7 Å². The third-order valence-corrected chi connectivity index (χ3v) is 8.44. The number of esters is 1. The van der Waals surface area contributed by atoms with Crippen LogP contribution in [0.4, 0.5) is 36.8 Å². The average molecular weight is 630 g/mol. The molecule has 1 aliphatic heterocycles. The second-order valence-corrected chi connectivity index (χ2v) is 11.4. The topological polar surface area (TPSA) is 72.0 Å². The van der Waals surface area contributed by atoms with Crippen molar-refractivity contribution in [2.45, 2.75) is 83.9 Å². The molecule has 1 aromatic carbocycles. The van der Waals surface area contributed by atoms with E-state index in [2.05, 4.69) is 9.88 Å². The Morgan fingerprint density at radius 1 is 1.02 bits per heavy atom. The van der Waals surface area contributed by atoms with E-state index in [9.17, 15) is 35.9 Å². The molecule has 0 unspecified atom stereocenters. The van der Waals surface area contributed by atoms with E-state index in [0.717, 1.165) is 37.9 Å². The van der Waals surface area contributed by atoms with Gasteiger partial charge in [-0.2, -0.15) is 26.3 Å². The van der Waals surface area contributed by atoms with Crippen LogP contribution >= 0.6 is 0 Å². The third kappa shape index (κ3) is 7.95. The molecule has 0 radical (unpaired) electrons. The van der Waals surface area contributed by atoms with Gasteiger partial charge in [-0.1, -0.05) is 0 Å². The van der Waals surface area contributed by atoms with E-state index >= 15 is 0 Å². The number of hydrogen-bond donors (Lipinski definition) is 0. The van der Waals surface area contributed by atoms with Gasteiger partial charge in [-0.25, -0.2) is 4.79 Å². The van der Waals surface area contributed by atoms with Crippen molar-refractivity contribution in [1.29, 1.82) is 0 Å². The second kappa shape index (κ2) is 13.6. The van der Waals surface area contributed by atoms with Gasteiger partial charge < -0.3 is 14.4 Å². The molecule has 2 aliphatic rings. The summed E-state index contributed by atoms with van der Waals surface area (Å²) in [6.07, 6.45) is -6.50. The Morgan fingerprint density at radius 3 is 2.20 bits per heavy atom. The molecule has 13 heteroatoms. The summed E-state index contributed by atoms with van der Waals surface area (Å²) in [5.41, 5.74) is -2.00. The minimum absolute atomic E-state index is 0.0411. The Kier molecular flexibility index (Phi) is 10.3. The zero-order valence-corrected chi connectivity index (χ0v) is 24.9. The van der Waals surface area contributed by atoms with Gasteiger partial charge in [0.25, 0.3) is 0 Å². The number of rotatable bonds is 10. The van der Waals surface area contributed by atoms with Crippen molar-refractivity contribution in [3.8, 4) is 0 Å². The highest BCUT2D eigenvalue weighted by molar-refractivity contribution is 5.71. The number of halogens is 6. The zero-order chi connectivity index (χ0) is 32.2. The van der Waals surface area contributed by atoms with Crippen LogP contribution in [0.2, 0.25) is 0 Å². The summed E-state index contributed by atoms with van der Waals surface area (Å²) < 4.78 is 91.2. The van der Waals surface area contributed by atoms with Gasteiger partial charge in [-0.05, 0) is 94.2 Å². The molecule has 2 fully saturated rings. The number of nitrogens with zero attached hydrogens (tertiary/aromatic N) is 3. The molecule has 2 atom stereocenters. The minimum atomic E-state index is -5.02. The first-order valence-electron chi connectivity index (χ1n) is 14.8. The van der Waals surface area contributed by atoms with Gasteiger partial charge in [-0.3, -0.25) is 14.7 Å². The van der Waals surface area contributed by atoms with E-state index in [1.807, 2.05) is 13.0 Å². The molecule has 7 nitrogen and oxygen atoms in total. The molecule has 0 bridgehead atoms. The van der Waals surface area contributed by atoms with Crippen LogP contribution in [0.3, 0.4) is 0 Å². The highest BCUT2D eigenvalue weighted by atomic mass is 19.4. The standard InChI is InChI=1S/C31H37F6N3O4/c1-4-39(17-21-10-8-20(9-11-21)13-27(41)43-5-2)26-7-6-12-38-25(26)18-40-19(3)28(44-29(40)42)22-14-23(30(32,33)34)16-24(15-22)31(35,36)37/h6-7,12,14-16,19-21,28H,4-5,8-11,13,17-18H2,1-3H3/t19-,20?,21?,28-/m0/s1. The second-order valence-electron chi connectivity index (χ2n) is 11.4. The fourth-order valence-corrected chi connectivity index (χ4v) is 6.09. The van der Waals surface area contributed by atoms with Gasteiger partial charge >= 0.3 is 24.4 Å². The fraction of sp³-hybridized carbons (Fsp3) is 0.581. The van der Waals surface area contributed by atoms with E-state index in [1.165, 1.54) is 11.8 Å². The monoisotopic (exact) mass is 629 g/mol. The number of hydrogen-bond acceptors (Lipinski definition) is 6. The predicted octanol–water partition coefficient (Wildman–Crippen LogP) is 7.79. The molecule has 242 valence electrons. The summed E-state index contributed by atoms with van der Waals surface area (Å²) >= 11 is 0. The molecule has 0 N–H and O–H groups in total.